The average Bonchev–Trinajstić information content (AvgIpc) is 3.04. The van der Waals surface area contributed by atoms with E-state index < -0.39 is 0 Å². The number of carbonyl (C=O) groups excluding carboxylic acids is 1. The van der Waals surface area contributed by atoms with E-state index in [0.29, 0.717) is 6.04 Å². The molecule has 1 saturated heterocycles. The third-order valence-electron chi connectivity index (χ3n) is 5.29. The maximum absolute atomic E-state index is 12.4. The minimum absolute atomic E-state index is 0.0609. The van der Waals surface area contributed by atoms with E-state index in [9.17, 15) is 4.79 Å². The van der Waals surface area contributed by atoms with Gasteiger partial charge >= 0.3 is 0 Å². The molecule has 126 valence electrons. The van der Waals surface area contributed by atoms with E-state index in [-0.39, 0.29) is 5.91 Å². The Balaban J connectivity index is 1.52. The van der Waals surface area contributed by atoms with Crippen LogP contribution >= 0.6 is 0 Å². The Kier molecular flexibility index (Phi) is 5.21. The van der Waals surface area contributed by atoms with E-state index in [2.05, 4.69) is 10.2 Å². The third-order valence-corrected chi connectivity index (χ3v) is 5.29. The van der Waals surface area contributed by atoms with Crippen LogP contribution in [0.2, 0.25) is 0 Å². The van der Waals surface area contributed by atoms with E-state index in [4.69, 9.17) is 0 Å². The number of benzene rings is 1. The zero-order valence-electron chi connectivity index (χ0n) is 14.4. The van der Waals surface area contributed by atoms with Crippen molar-refractivity contribution in [3.05, 3.63) is 29.8 Å². The van der Waals surface area contributed by atoms with Crippen LogP contribution in [-0.4, -0.2) is 50.1 Å². The van der Waals surface area contributed by atoms with Crippen molar-refractivity contribution in [2.45, 2.75) is 50.6 Å². The predicted octanol–water partition coefficient (Wildman–Crippen LogP) is 2.89. The highest BCUT2D eigenvalue weighted by Gasteiger charge is 2.29. The summed E-state index contributed by atoms with van der Waals surface area (Å²) in [7, 11) is 4.01. The Morgan fingerprint density at radius 3 is 2.43 bits per heavy atom. The number of amides is 1. The molecule has 1 heterocycles. The topological polar surface area (TPSA) is 35.6 Å². The summed E-state index contributed by atoms with van der Waals surface area (Å²) in [4.78, 5) is 17.1. The average molecular weight is 315 g/mol. The summed E-state index contributed by atoms with van der Waals surface area (Å²) in [5, 5.41) is 3.22. The lowest BCUT2D eigenvalue weighted by Gasteiger charge is -2.31. The second kappa shape index (κ2) is 7.35. The number of anilines is 1. The van der Waals surface area contributed by atoms with Crippen LogP contribution in [0.4, 0.5) is 5.69 Å². The van der Waals surface area contributed by atoms with Crippen molar-refractivity contribution >= 4 is 11.6 Å². The number of hydrogen-bond donors (Lipinski definition) is 1. The lowest BCUT2D eigenvalue weighted by atomic mass is 9.94. The molecule has 4 heteroatoms. The van der Waals surface area contributed by atoms with Crippen molar-refractivity contribution in [2.24, 2.45) is 0 Å². The SMILES string of the molecule is CN(C)c1ccc(C(=O)NC2CCN(C3CCCCC3)C2)cc1. The van der Waals surface area contributed by atoms with Crippen molar-refractivity contribution in [3.63, 3.8) is 0 Å². The van der Waals surface area contributed by atoms with Gasteiger partial charge in [-0.1, -0.05) is 19.3 Å². The predicted molar refractivity (Wildman–Crippen MR) is 95.1 cm³/mol. The molecule has 3 rings (SSSR count). The summed E-state index contributed by atoms with van der Waals surface area (Å²) < 4.78 is 0. The fourth-order valence-corrected chi connectivity index (χ4v) is 3.86. The molecule has 1 saturated carbocycles. The van der Waals surface area contributed by atoms with Crippen LogP contribution in [0.5, 0.6) is 0 Å². The summed E-state index contributed by atoms with van der Waals surface area (Å²) in [5.41, 5.74) is 1.87. The molecule has 0 bridgehead atoms. The minimum Gasteiger partial charge on any atom is -0.378 e. The fourth-order valence-electron chi connectivity index (χ4n) is 3.86. The Morgan fingerprint density at radius 2 is 1.78 bits per heavy atom. The molecule has 4 nitrogen and oxygen atoms in total. The largest absolute Gasteiger partial charge is 0.378 e. The van der Waals surface area contributed by atoms with Gasteiger partial charge in [-0.3, -0.25) is 9.69 Å². The summed E-state index contributed by atoms with van der Waals surface area (Å²) in [6, 6.07) is 8.88. The molecule has 2 aliphatic rings. The van der Waals surface area contributed by atoms with Crippen LogP contribution in [-0.2, 0) is 0 Å². The van der Waals surface area contributed by atoms with Gasteiger partial charge in [0.25, 0.3) is 5.91 Å². The maximum Gasteiger partial charge on any atom is 0.251 e. The van der Waals surface area contributed by atoms with Gasteiger partial charge in [0.1, 0.15) is 0 Å². The number of nitrogens with one attached hydrogen (secondary N) is 1. The zero-order valence-corrected chi connectivity index (χ0v) is 14.4. The zero-order chi connectivity index (χ0) is 16.2. The molecule has 1 amide bonds. The molecule has 1 aromatic carbocycles. The number of carbonyl (C=O) groups is 1. The molecule has 2 fully saturated rings. The number of hydrogen-bond acceptors (Lipinski definition) is 3. The first-order valence-electron chi connectivity index (χ1n) is 8.96. The van der Waals surface area contributed by atoms with Gasteiger partial charge in [0, 0.05) is 50.5 Å². The highest BCUT2D eigenvalue weighted by molar-refractivity contribution is 5.94. The van der Waals surface area contributed by atoms with Crippen LogP contribution in [0.15, 0.2) is 24.3 Å². The molecule has 23 heavy (non-hydrogen) atoms. The van der Waals surface area contributed by atoms with Crippen molar-refractivity contribution < 1.29 is 4.79 Å². The van der Waals surface area contributed by atoms with Gasteiger partial charge in [0.2, 0.25) is 0 Å². The second-order valence-electron chi connectivity index (χ2n) is 7.19. The number of likely N-dealkylation sites (tertiary alicyclic amines) is 1. The molecule has 0 aromatic heterocycles. The molecular weight excluding hydrogens is 286 g/mol. The maximum atomic E-state index is 12.4. The van der Waals surface area contributed by atoms with Crippen molar-refractivity contribution in [1.82, 2.24) is 10.2 Å². The molecule has 1 aliphatic carbocycles. The monoisotopic (exact) mass is 315 g/mol. The standard InChI is InChI=1S/C19H29N3O/c1-21(2)17-10-8-15(9-11-17)19(23)20-16-12-13-22(14-16)18-6-4-3-5-7-18/h8-11,16,18H,3-7,12-14H2,1-2H3,(H,20,23). The Labute approximate surface area is 139 Å². The summed E-state index contributed by atoms with van der Waals surface area (Å²) >= 11 is 0. The third kappa shape index (κ3) is 4.05. The van der Waals surface area contributed by atoms with Crippen LogP contribution in [0, 0.1) is 0 Å². The van der Waals surface area contributed by atoms with E-state index in [1.54, 1.807) is 0 Å². The summed E-state index contributed by atoms with van der Waals surface area (Å²) in [5.74, 6) is 0.0609. The van der Waals surface area contributed by atoms with Crippen LogP contribution in [0.1, 0.15) is 48.9 Å². The first-order chi connectivity index (χ1) is 11.1. The van der Waals surface area contributed by atoms with Gasteiger partial charge in [0.15, 0.2) is 0 Å². The van der Waals surface area contributed by atoms with Crippen molar-refractivity contribution in [3.8, 4) is 0 Å². The number of rotatable bonds is 4. The van der Waals surface area contributed by atoms with Crippen molar-refractivity contribution in [1.29, 1.82) is 0 Å². The Bertz CT molecular complexity index is 520. The minimum atomic E-state index is 0.0609. The van der Waals surface area contributed by atoms with Gasteiger partial charge in [-0.15, -0.1) is 0 Å². The molecule has 1 aromatic rings. The molecule has 1 unspecified atom stereocenters. The van der Waals surface area contributed by atoms with Crippen LogP contribution in [0.3, 0.4) is 0 Å². The van der Waals surface area contributed by atoms with Crippen LogP contribution in [0.25, 0.3) is 0 Å². The highest BCUT2D eigenvalue weighted by Crippen LogP contribution is 2.25. The molecular formula is C19H29N3O. The van der Waals surface area contributed by atoms with Gasteiger partial charge in [-0.2, -0.15) is 0 Å². The quantitative estimate of drug-likeness (QED) is 0.928. The molecule has 1 atom stereocenters. The fraction of sp³-hybridized carbons (Fsp3) is 0.632. The van der Waals surface area contributed by atoms with Crippen molar-refractivity contribution in [2.75, 3.05) is 32.1 Å². The number of nitrogens with zero attached hydrogens (tertiary/aromatic N) is 2. The lowest BCUT2D eigenvalue weighted by molar-refractivity contribution is 0.0934. The summed E-state index contributed by atoms with van der Waals surface area (Å²) in [6.07, 6.45) is 7.90. The first kappa shape index (κ1) is 16.3. The highest BCUT2D eigenvalue weighted by atomic mass is 16.1. The molecule has 1 N–H and O–H groups in total. The van der Waals surface area contributed by atoms with Gasteiger partial charge in [0.05, 0.1) is 0 Å². The van der Waals surface area contributed by atoms with E-state index in [0.717, 1.165) is 36.8 Å². The Hall–Kier alpha value is -1.55. The van der Waals surface area contributed by atoms with E-state index in [1.165, 1.54) is 32.1 Å². The van der Waals surface area contributed by atoms with Gasteiger partial charge in [-0.25, -0.2) is 0 Å². The molecule has 0 radical (unpaired) electrons. The first-order valence-corrected chi connectivity index (χ1v) is 8.96. The van der Waals surface area contributed by atoms with E-state index >= 15 is 0 Å². The smallest absolute Gasteiger partial charge is 0.251 e. The normalized spacial score (nSPS) is 23.0. The summed E-state index contributed by atoms with van der Waals surface area (Å²) in [6.45, 7) is 2.15. The van der Waals surface area contributed by atoms with Gasteiger partial charge in [-0.05, 0) is 43.5 Å². The second-order valence-corrected chi connectivity index (χ2v) is 7.19. The molecule has 0 spiro atoms. The van der Waals surface area contributed by atoms with E-state index in [1.807, 2.05) is 43.3 Å². The lowest BCUT2D eigenvalue weighted by Crippen LogP contribution is -2.40. The van der Waals surface area contributed by atoms with Crippen LogP contribution < -0.4 is 10.2 Å². The molecule has 1 aliphatic heterocycles. The van der Waals surface area contributed by atoms with Gasteiger partial charge < -0.3 is 10.2 Å². The Morgan fingerprint density at radius 1 is 1.09 bits per heavy atom.